The second-order valence-corrected chi connectivity index (χ2v) is 4.95. The fourth-order valence-electron chi connectivity index (χ4n) is 1.90. The van der Waals surface area contributed by atoms with Crippen molar-refractivity contribution >= 4 is 16.5 Å². The van der Waals surface area contributed by atoms with Gasteiger partial charge < -0.3 is 10.2 Å². The fourth-order valence-corrected chi connectivity index (χ4v) is 2.80. The van der Waals surface area contributed by atoms with Crippen molar-refractivity contribution in [1.29, 1.82) is 0 Å². The second kappa shape index (κ2) is 4.81. The molecule has 0 radical (unpaired) electrons. The number of nitrogens with zero attached hydrogens (tertiary/aromatic N) is 3. The molecular formula is C12H14N4S. The number of rotatable bonds is 2. The van der Waals surface area contributed by atoms with E-state index in [4.69, 9.17) is 0 Å². The molecule has 1 aliphatic heterocycles. The SMILES string of the molecule is c1ccc(-c2nnc(N3CCNCC3)s2)cc1. The lowest BCUT2D eigenvalue weighted by molar-refractivity contribution is 0.587. The van der Waals surface area contributed by atoms with Crippen molar-refractivity contribution in [2.75, 3.05) is 31.1 Å². The number of benzene rings is 1. The average Bonchev–Trinajstić information content (AvgIpc) is 2.90. The maximum absolute atomic E-state index is 4.28. The molecule has 4 nitrogen and oxygen atoms in total. The lowest BCUT2D eigenvalue weighted by Gasteiger charge is -2.26. The Morgan fingerprint density at radius 1 is 1.06 bits per heavy atom. The number of nitrogens with one attached hydrogen (secondary N) is 1. The van der Waals surface area contributed by atoms with Gasteiger partial charge in [0.15, 0.2) is 0 Å². The van der Waals surface area contributed by atoms with Gasteiger partial charge in [-0.3, -0.25) is 0 Å². The van der Waals surface area contributed by atoms with E-state index in [1.165, 1.54) is 0 Å². The minimum absolute atomic E-state index is 0.999. The summed E-state index contributed by atoms with van der Waals surface area (Å²) < 4.78 is 0. The Morgan fingerprint density at radius 2 is 1.82 bits per heavy atom. The summed E-state index contributed by atoms with van der Waals surface area (Å²) in [6, 6.07) is 10.2. The predicted molar refractivity (Wildman–Crippen MR) is 70.4 cm³/mol. The number of hydrogen-bond donors (Lipinski definition) is 1. The van der Waals surface area contributed by atoms with Crippen molar-refractivity contribution in [2.24, 2.45) is 0 Å². The fraction of sp³-hybridized carbons (Fsp3) is 0.333. The van der Waals surface area contributed by atoms with Crippen LogP contribution in [0.2, 0.25) is 0 Å². The number of aromatic nitrogens is 2. The van der Waals surface area contributed by atoms with E-state index in [9.17, 15) is 0 Å². The minimum Gasteiger partial charge on any atom is -0.344 e. The molecule has 3 rings (SSSR count). The van der Waals surface area contributed by atoms with Crippen LogP contribution in [0.5, 0.6) is 0 Å². The van der Waals surface area contributed by atoms with E-state index in [0.717, 1.165) is 41.9 Å². The highest BCUT2D eigenvalue weighted by Crippen LogP contribution is 2.28. The highest BCUT2D eigenvalue weighted by molar-refractivity contribution is 7.18. The summed E-state index contributed by atoms with van der Waals surface area (Å²) in [6.07, 6.45) is 0. The van der Waals surface area contributed by atoms with Gasteiger partial charge in [0, 0.05) is 31.7 Å². The molecule has 2 heterocycles. The minimum atomic E-state index is 0.999. The van der Waals surface area contributed by atoms with Crippen molar-refractivity contribution in [3.8, 4) is 10.6 Å². The molecule has 1 N–H and O–H groups in total. The van der Waals surface area contributed by atoms with Gasteiger partial charge in [-0.2, -0.15) is 0 Å². The van der Waals surface area contributed by atoms with Crippen LogP contribution in [-0.2, 0) is 0 Å². The molecule has 0 saturated carbocycles. The largest absolute Gasteiger partial charge is 0.344 e. The molecule has 0 amide bonds. The van der Waals surface area contributed by atoms with Gasteiger partial charge in [0.05, 0.1) is 0 Å². The molecule has 0 aliphatic carbocycles. The standard InChI is InChI=1S/C12H14N4S/c1-2-4-10(5-3-1)11-14-15-12(17-11)16-8-6-13-7-9-16/h1-5,13H,6-9H2. The van der Waals surface area contributed by atoms with Crippen LogP contribution in [-0.4, -0.2) is 36.4 Å². The molecule has 5 heteroatoms. The Labute approximate surface area is 104 Å². The van der Waals surface area contributed by atoms with E-state index in [1.807, 2.05) is 18.2 Å². The molecule has 1 fully saturated rings. The normalized spacial score (nSPS) is 16.1. The summed E-state index contributed by atoms with van der Waals surface area (Å²) in [4.78, 5) is 2.29. The van der Waals surface area contributed by atoms with E-state index in [1.54, 1.807) is 11.3 Å². The summed E-state index contributed by atoms with van der Waals surface area (Å²) in [5, 5.41) is 13.9. The van der Waals surface area contributed by atoms with Crippen LogP contribution in [0.25, 0.3) is 10.6 Å². The van der Waals surface area contributed by atoms with Gasteiger partial charge in [-0.15, -0.1) is 10.2 Å². The first-order chi connectivity index (χ1) is 8.43. The lowest BCUT2D eigenvalue weighted by atomic mass is 10.2. The van der Waals surface area contributed by atoms with Gasteiger partial charge in [-0.05, 0) is 0 Å². The molecule has 88 valence electrons. The molecule has 2 aromatic rings. The zero-order valence-corrected chi connectivity index (χ0v) is 10.3. The summed E-state index contributed by atoms with van der Waals surface area (Å²) in [5.74, 6) is 0. The highest BCUT2D eigenvalue weighted by atomic mass is 32.1. The van der Waals surface area contributed by atoms with Crippen LogP contribution in [0.4, 0.5) is 5.13 Å². The summed E-state index contributed by atoms with van der Waals surface area (Å²) in [6.45, 7) is 4.09. The van der Waals surface area contributed by atoms with Crippen LogP contribution in [0.1, 0.15) is 0 Å². The Kier molecular flexibility index (Phi) is 3.02. The Bertz CT molecular complexity index is 476. The van der Waals surface area contributed by atoms with Crippen molar-refractivity contribution in [2.45, 2.75) is 0 Å². The third-order valence-corrected chi connectivity index (χ3v) is 3.86. The van der Waals surface area contributed by atoms with Gasteiger partial charge in [-0.1, -0.05) is 41.7 Å². The predicted octanol–water partition coefficient (Wildman–Crippen LogP) is 1.61. The second-order valence-electron chi connectivity index (χ2n) is 3.99. The molecule has 0 unspecified atom stereocenters. The Morgan fingerprint density at radius 3 is 2.59 bits per heavy atom. The number of anilines is 1. The molecule has 0 bridgehead atoms. The monoisotopic (exact) mass is 246 g/mol. The van der Waals surface area contributed by atoms with E-state index >= 15 is 0 Å². The molecule has 1 aliphatic rings. The maximum Gasteiger partial charge on any atom is 0.208 e. The van der Waals surface area contributed by atoms with Crippen LogP contribution >= 0.6 is 11.3 Å². The molecule has 1 saturated heterocycles. The molecule has 1 aromatic carbocycles. The highest BCUT2D eigenvalue weighted by Gasteiger charge is 2.15. The van der Waals surface area contributed by atoms with Crippen LogP contribution in [0.15, 0.2) is 30.3 Å². The summed E-state index contributed by atoms with van der Waals surface area (Å²) in [5.41, 5.74) is 1.14. The zero-order valence-electron chi connectivity index (χ0n) is 9.47. The Balaban J connectivity index is 1.83. The topological polar surface area (TPSA) is 41.1 Å². The summed E-state index contributed by atoms with van der Waals surface area (Å²) in [7, 11) is 0. The summed E-state index contributed by atoms with van der Waals surface area (Å²) >= 11 is 1.67. The molecule has 1 aromatic heterocycles. The smallest absolute Gasteiger partial charge is 0.208 e. The van der Waals surface area contributed by atoms with E-state index in [2.05, 4.69) is 32.5 Å². The quantitative estimate of drug-likeness (QED) is 0.874. The first-order valence-corrected chi connectivity index (χ1v) is 6.60. The molecule has 0 atom stereocenters. The van der Waals surface area contributed by atoms with Gasteiger partial charge in [0.2, 0.25) is 5.13 Å². The van der Waals surface area contributed by atoms with E-state index in [-0.39, 0.29) is 0 Å². The Hall–Kier alpha value is -1.46. The average molecular weight is 246 g/mol. The van der Waals surface area contributed by atoms with Crippen molar-refractivity contribution < 1.29 is 0 Å². The number of piperazine rings is 1. The van der Waals surface area contributed by atoms with E-state index < -0.39 is 0 Å². The van der Waals surface area contributed by atoms with Crippen molar-refractivity contribution in [3.63, 3.8) is 0 Å². The van der Waals surface area contributed by atoms with Crippen LogP contribution in [0.3, 0.4) is 0 Å². The third kappa shape index (κ3) is 2.30. The van der Waals surface area contributed by atoms with Crippen molar-refractivity contribution in [3.05, 3.63) is 30.3 Å². The molecular weight excluding hydrogens is 232 g/mol. The van der Waals surface area contributed by atoms with Gasteiger partial charge >= 0.3 is 0 Å². The molecule has 17 heavy (non-hydrogen) atoms. The lowest BCUT2D eigenvalue weighted by Crippen LogP contribution is -2.43. The zero-order chi connectivity index (χ0) is 11.5. The van der Waals surface area contributed by atoms with Crippen molar-refractivity contribution in [1.82, 2.24) is 15.5 Å². The van der Waals surface area contributed by atoms with Crippen LogP contribution < -0.4 is 10.2 Å². The van der Waals surface area contributed by atoms with Gasteiger partial charge in [0.1, 0.15) is 5.01 Å². The third-order valence-electron chi connectivity index (χ3n) is 2.82. The molecule has 0 spiro atoms. The van der Waals surface area contributed by atoms with E-state index in [0.29, 0.717) is 0 Å². The maximum atomic E-state index is 4.28. The first-order valence-electron chi connectivity index (χ1n) is 5.78. The van der Waals surface area contributed by atoms with Gasteiger partial charge in [-0.25, -0.2) is 0 Å². The van der Waals surface area contributed by atoms with Crippen LogP contribution in [0, 0.1) is 0 Å². The van der Waals surface area contributed by atoms with Gasteiger partial charge in [0.25, 0.3) is 0 Å². The first kappa shape index (κ1) is 10.7. The number of hydrogen-bond acceptors (Lipinski definition) is 5.